The molecular formula is C20H30N2O. The quantitative estimate of drug-likeness (QED) is 0.815. The van der Waals surface area contributed by atoms with Gasteiger partial charge in [-0.25, -0.2) is 0 Å². The van der Waals surface area contributed by atoms with Crippen molar-refractivity contribution in [3.63, 3.8) is 0 Å². The molecular weight excluding hydrogens is 284 g/mol. The number of nitrogens with two attached hydrogens (primary N) is 1. The van der Waals surface area contributed by atoms with E-state index in [2.05, 4.69) is 23.5 Å². The third kappa shape index (κ3) is 4.35. The minimum absolute atomic E-state index is 0.0203. The molecule has 0 radical (unpaired) electrons. The molecule has 2 aliphatic carbocycles. The minimum atomic E-state index is -0.100. The van der Waals surface area contributed by atoms with Gasteiger partial charge in [0.25, 0.3) is 0 Å². The third-order valence-electron chi connectivity index (χ3n) is 5.55. The summed E-state index contributed by atoms with van der Waals surface area (Å²) < 4.78 is 0. The molecule has 126 valence electrons. The summed E-state index contributed by atoms with van der Waals surface area (Å²) in [6, 6.07) is 8.69. The van der Waals surface area contributed by atoms with E-state index in [1.807, 2.05) is 13.0 Å². The van der Waals surface area contributed by atoms with Gasteiger partial charge < -0.3 is 11.1 Å². The summed E-state index contributed by atoms with van der Waals surface area (Å²) in [7, 11) is 0. The zero-order valence-corrected chi connectivity index (χ0v) is 14.3. The van der Waals surface area contributed by atoms with E-state index in [4.69, 9.17) is 5.73 Å². The van der Waals surface area contributed by atoms with Crippen LogP contribution in [-0.2, 0) is 11.2 Å². The second kappa shape index (κ2) is 7.04. The van der Waals surface area contributed by atoms with Gasteiger partial charge in [0, 0.05) is 11.6 Å². The lowest BCUT2D eigenvalue weighted by molar-refractivity contribution is -0.123. The lowest BCUT2D eigenvalue weighted by atomic mass is 9.90. The largest absolute Gasteiger partial charge is 0.353 e. The molecule has 2 saturated carbocycles. The van der Waals surface area contributed by atoms with Gasteiger partial charge in [0.2, 0.25) is 5.91 Å². The number of hydrogen-bond donors (Lipinski definition) is 2. The summed E-state index contributed by atoms with van der Waals surface area (Å²) in [6.07, 6.45) is 10.5. The third-order valence-corrected chi connectivity index (χ3v) is 5.55. The van der Waals surface area contributed by atoms with E-state index in [9.17, 15) is 4.79 Å². The van der Waals surface area contributed by atoms with E-state index in [1.165, 1.54) is 31.2 Å². The Morgan fingerprint density at radius 1 is 1.22 bits per heavy atom. The van der Waals surface area contributed by atoms with Crippen LogP contribution >= 0.6 is 0 Å². The average molecular weight is 314 g/mol. The maximum absolute atomic E-state index is 12.7. The van der Waals surface area contributed by atoms with Crippen molar-refractivity contribution in [2.75, 3.05) is 0 Å². The van der Waals surface area contributed by atoms with Crippen molar-refractivity contribution in [2.45, 2.75) is 82.2 Å². The predicted molar refractivity (Wildman–Crippen MR) is 94.3 cm³/mol. The summed E-state index contributed by atoms with van der Waals surface area (Å²) >= 11 is 0. The Hall–Kier alpha value is -1.35. The van der Waals surface area contributed by atoms with Crippen LogP contribution in [0.5, 0.6) is 0 Å². The van der Waals surface area contributed by atoms with Crippen molar-refractivity contribution in [1.29, 1.82) is 0 Å². The summed E-state index contributed by atoms with van der Waals surface area (Å²) in [6.45, 7) is 2.03. The van der Waals surface area contributed by atoms with Crippen LogP contribution in [0.25, 0.3) is 0 Å². The van der Waals surface area contributed by atoms with Gasteiger partial charge in [-0.3, -0.25) is 4.79 Å². The smallest absolute Gasteiger partial charge is 0.227 e. The topological polar surface area (TPSA) is 55.1 Å². The minimum Gasteiger partial charge on any atom is -0.353 e. The Balaban J connectivity index is 1.66. The molecule has 23 heavy (non-hydrogen) atoms. The molecule has 0 bridgehead atoms. The molecule has 0 aromatic heterocycles. The molecule has 1 unspecified atom stereocenters. The van der Waals surface area contributed by atoms with Gasteiger partial charge in [0.15, 0.2) is 0 Å². The Kier molecular flexibility index (Phi) is 5.05. The van der Waals surface area contributed by atoms with E-state index >= 15 is 0 Å². The number of amides is 1. The van der Waals surface area contributed by atoms with E-state index in [1.54, 1.807) is 0 Å². The molecule has 0 aliphatic heterocycles. The van der Waals surface area contributed by atoms with E-state index in [0.717, 1.165) is 37.7 Å². The molecule has 0 heterocycles. The van der Waals surface area contributed by atoms with Crippen LogP contribution in [0, 0.1) is 0 Å². The Morgan fingerprint density at radius 2 is 1.87 bits per heavy atom. The maximum atomic E-state index is 12.7. The maximum Gasteiger partial charge on any atom is 0.227 e. The first-order valence-electron chi connectivity index (χ1n) is 9.24. The number of benzene rings is 1. The van der Waals surface area contributed by atoms with Gasteiger partial charge in [0.05, 0.1) is 5.92 Å². The van der Waals surface area contributed by atoms with Crippen molar-refractivity contribution < 1.29 is 4.79 Å². The van der Waals surface area contributed by atoms with Gasteiger partial charge in [-0.05, 0) is 50.2 Å². The summed E-state index contributed by atoms with van der Waals surface area (Å²) in [5, 5.41) is 3.29. The first kappa shape index (κ1) is 16.5. The average Bonchev–Trinajstić information content (AvgIpc) is 3.31. The Morgan fingerprint density at radius 3 is 2.52 bits per heavy atom. The van der Waals surface area contributed by atoms with Gasteiger partial charge in [0.1, 0.15) is 0 Å². The van der Waals surface area contributed by atoms with Gasteiger partial charge in [-0.2, -0.15) is 0 Å². The van der Waals surface area contributed by atoms with Crippen LogP contribution in [0.4, 0.5) is 0 Å². The molecule has 3 heteroatoms. The second-order valence-corrected chi connectivity index (χ2v) is 7.66. The summed E-state index contributed by atoms with van der Waals surface area (Å²) in [5.41, 5.74) is 8.66. The molecule has 2 aliphatic rings. The van der Waals surface area contributed by atoms with Crippen LogP contribution in [0.2, 0.25) is 0 Å². The highest BCUT2D eigenvalue weighted by Gasteiger charge is 2.38. The van der Waals surface area contributed by atoms with Crippen LogP contribution in [0.15, 0.2) is 24.3 Å². The molecule has 1 aromatic rings. The zero-order valence-electron chi connectivity index (χ0n) is 14.3. The molecule has 3 rings (SSSR count). The first-order chi connectivity index (χ1) is 11.1. The standard InChI is InChI=1S/C20H30N2O/c1-15(19(23)22-17-9-4-2-3-5-10-17)18-11-7-6-8-16(18)14-20(21)12-13-20/h6-8,11,15,17H,2-5,9-10,12-14,21H2,1H3,(H,22,23). The van der Waals surface area contributed by atoms with E-state index in [-0.39, 0.29) is 17.4 Å². The van der Waals surface area contributed by atoms with Crippen LogP contribution in [-0.4, -0.2) is 17.5 Å². The molecule has 1 amide bonds. The molecule has 1 aromatic carbocycles. The summed E-state index contributed by atoms with van der Waals surface area (Å²) in [4.78, 5) is 12.7. The molecule has 3 N–H and O–H groups in total. The zero-order chi connectivity index (χ0) is 16.3. The number of rotatable bonds is 5. The monoisotopic (exact) mass is 314 g/mol. The van der Waals surface area contributed by atoms with Crippen molar-refractivity contribution in [2.24, 2.45) is 5.73 Å². The number of carbonyl (C=O) groups is 1. The fourth-order valence-electron chi connectivity index (χ4n) is 3.73. The lowest BCUT2D eigenvalue weighted by Crippen LogP contribution is -2.37. The van der Waals surface area contributed by atoms with Gasteiger partial charge in [-0.15, -0.1) is 0 Å². The van der Waals surface area contributed by atoms with Crippen LogP contribution in [0.3, 0.4) is 0 Å². The predicted octanol–water partition coefficient (Wildman–Crippen LogP) is 3.66. The highest BCUT2D eigenvalue weighted by atomic mass is 16.1. The van der Waals surface area contributed by atoms with Crippen LogP contribution < -0.4 is 11.1 Å². The van der Waals surface area contributed by atoms with Crippen molar-refractivity contribution in [3.05, 3.63) is 35.4 Å². The van der Waals surface area contributed by atoms with Crippen molar-refractivity contribution in [3.8, 4) is 0 Å². The molecule has 2 fully saturated rings. The molecule has 1 atom stereocenters. The van der Waals surface area contributed by atoms with Crippen molar-refractivity contribution in [1.82, 2.24) is 5.32 Å². The van der Waals surface area contributed by atoms with Crippen LogP contribution in [0.1, 0.15) is 75.3 Å². The fourth-order valence-corrected chi connectivity index (χ4v) is 3.73. The lowest BCUT2D eigenvalue weighted by Gasteiger charge is -2.22. The Bertz CT molecular complexity index is 542. The fraction of sp³-hybridized carbons (Fsp3) is 0.650. The summed E-state index contributed by atoms with van der Waals surface area (Å²) in [5.74, 6) is 0.0722. The molecule has 0 spiro atoms. The van der Waals surface area contributed by atoms with Gasteiger partial charge >= 0.3 is 0 Å². The molecule has 3 nitrogen and oxygen atoms in total. The molecule has 0 saturated heterocycles. The van der Waals surface area contributed by atoms with Crippen molar-refractivity contribution >= 4 is 5.91 Å². The number of hydrogen-bond acceptors (Lipinski definition) is 2. The Labute approximate surface area is 140 Å². The van der Waals surface area contributed by atoms with Gasteiger partial charge in [-0.1, -0.05) is 49.9 Å². The number of carbonyl (C=O) groups excluding carboxylic acids is 1. The van der Waals surface area contributed by atoms with E-state index in [0.29, 0.717) is 6.04 Å². The highest BCUT2D eigenvalue weighted by molar-refractivity contribution is 5.83. The normalized spacial score (nSPS) is 22.2. The second-order valence-electron chi connectivity index (χ2n) is 7.66. The highest BCUT2D eigenvalue weighted by Crippen LogP contribution is 2.37. The SMILES string of the molecule is CC(C(=O)NC1CCCCCC1)c1ccccc1CC1(N)CC1. The van der Waals surface area contributed by atoms with E-state index < -0.39 is 0 Å². The number of nitrogens with one attached hydrogen (secondary N) is 1. The first-order valence-corrected chi connectivity index (χ1v) is 9.24.